The van der Waals surface area contributed by atoms with Gasteiger partial charge in [0.25, 0.3) is 0 Å². The third kappa shape index (κ3) is 6.18. The van der Waals surface area contributed by atoms with Gasteiger partial charge < -0.3 is 19.7 Å². The Morgan fingerprint density at radius 2 is 1.18 bits per heavy atom. The van der Waals surface area contributed by atoms with E-state index in [4.69, 9.17) is 19.7 Å². The molecule has 0 aromatic heterocycles. The first-order valence-electron chi connectivity index (χ1n) is 12.5. The molecule has 3 aromatic carbocycles. The van der Waals surface area contributed by atoms with Crippen molar-refractivity contribution in [3.63, 3.8) is 0 Å². The highest BCUT2D eigenvalue weighted by atomic mass is 16.5. The van der Waals surface area contributed by atoms with E-state index < -0.39 is 0 Å². The van der Waals surface area contributed by atoms with Gasteiger partial charge >= 0.3 is 0 Å². The van der Waals surface area contributed by atoms with E-state index in [9.17, 15) is 0 Å². The molecule has 0 spiro atoms. The van der Waals surface area contributed by atoms with E-state index in [1.165, 1.54) is 5.56 Å². The number of aliphatic hydroxyl groups excluding tert-OH is 2. The van der Waals surface area contributed by atoms with Gasteiger partial charge in [-0.15, -0.1) is 0 Å². The topological polar surface area (TPSA) is 58.9 Å². The summed E-state index contributed by atoms with van der Waals surface area (Å²) in [5.74, 6) is 1.84. The van der Waals surface area contributed by atoms with Crippen molar-refractivity contribution in [1.82, 2.24) is 0 Å². The average molecular weight is 453 g/mol. The van der Waals surface area contributed by atoms with Crippen molar-refractivity contribution in [2.75, 3.05) is 26.4 Å². The number of rotatable bonds is 14. The first-order chi connectivity index (χ1) is 16.0. The van der Waals surface area contributed by atoms with Gasteiger partial charge in [-0.05, 0) is 62.0 Å². The molecule has 3 aromatic rings. The van der Waals surface area contributed by atoms with Crippen molar-refractivity contribution in [2.45, 2.75) is 71.1 Å². The maximum Gasteiger partial charge on any atom is 0.135 e. The number of fused-ring (bicyclic) bond motifs is 2. The van der Waals surface area contributed by atoms with Crippen molar-refractivity contribution in [2.24, 2.45) is 0 Å². The van der Waals surface area contributed by atoms with Crippen molar-refractivity contribution in [3.8, 4) is 11.5 Å². The zero-order chi connectivity index (χ0) is 23.7. The summed E-state index contributed by atoms with van der Waals surface area (Å²) in [6.07, 6.45) is 6.41. The van der Waals surface area contributed by atoms with Gasteiger partial charge in [0.2, 0.25) is 0 Å². The first-order valence-corrected chi connectivity index (χ1v) is 12.5. The molecular formula is C29H40O4. The molecule has 0 bridgehead atoms. The fourth-order valence-electron chi connectivity index (χ4n) is 4.17. The van der Waals surface area contributed by atoms with Gasteiger partial charge in [0.15, 0.2) is 0 Å². The number of ether oxygens (including phenoxy) is 2. The molecule has 0 amide bonds. The van der Waals surface area contributed by atoms with Crippen LogP contribution in [0.2, 0.25) is 0 Å². The molecule has 0 aliphatic rings. The van der Waals surface area contributed by atoms with Crippen LogP contribution in [0, 0.1) is 0 Å². The summed E-state index contributed by atoms with van der Waals surface area (Å²) in [7, 11) is 0. The summed E-state index contributed by atoms with van der Waals surface area (Å²) in [4.78, 5) is 0. The highest BCUT2D eigenvalue weighted by molar-refractivity contribution is 6.11. The van der Waals surface area contributed by atoms with Crippen LogP contribution in [-0.4, -0.2) is 36.6 Å². The van der Waals surface area contributed by atoms with E-state index >= 15 is 0 Å². The summed E-state index contributed by atoms with van der Waals surface area (Å²) in [6, 6.07) is 15.0. The zero-order valence-corrected chi connectivity index (χ0v) is 20.5. The predicted molar refractivity (Wildman–Crippen MR) is 138 cm³/mol. The van der Waals surface area contributed by atoms with E-state index in [-0.39, 0.29) is 18.6 Å². The number of unbranched alkanes of at least 4 members (excludes halogenated alkanes) is 4. The Kier molecular flexibility index (Phi) is 9.40. The largest absolute Gasteiger partial charge is 0.492 e. The summed E-state index contributed by atoms with van der Waals surface area (Å²) < 4.78 is 12.8. The van der Waals surface area contributed by atoms with Crippen molar-refractivity contribution in [3.05, 3.63) is 48.0 Å². The molecule has 0 aliphatic heterocycles. The van der Waals surface area contributed by atoms with Gasteiger partial charge in [-0.25, -0.2) is 0 Å². The second-order valence-electron chi connectivity index (χ2n) is 9.47. The summed E-state index contributed by atoms with van der Waals surface area (Å²) in [5, 5.41) is 22.5. The van der Waals surface area contributed by atoms with Crippen LogP contribution in [0.15, 0.2) is 42.5 Å². The first kappa shape index (κ1) is 25.3. The van der Waals surface area contributed by atoms with E-state index in [0.717, 1.165) is 78.0 Å². The van der Waals surface area contributed by atoms with E-state index in [0.29, 0.717) is 13.2 Å². The Morgan fingerprint density at radius 3 is 1.70 bits per heavy atom. The lowest BCUT2D eigenvalue weighted by atomic mass is 9.81. The molecule has 0 fully saturated rings. The monoisotopic (exact) mass is 452 g/mol. The molecule has 0 saturated heterocycles. The van der Waals surface area contributed by atoms with Crippen molar-refractivity contribution in [1.29, 1.82) is 0 Å². The minimum absolute atomic E-state index is 0.0730. The Hall–Kier alpha value is -2.30. The smallest absolute Gasteiger partial charge is 0.135 e. The lowest BCUT2D eigenvalue weighted by Gasteiger charge is -2.25. The molecule has 0 saturated carbocycles. The second kappa shape index (κ2) is 12.2. The van der Waals surface area contributed by atoms with Crippen LogP contribution < -0.4 is 9.47 Å². The van der Waals surface area contributed by atoms with Gasteiger partial charge in [0.05, 0.1) is 13.2 Å². The van der Waals surface area contributed by atoms with Crippen molar-refractivity contribution >= 4 is 21.5 Å². The van der Waals surface area contributed by atoms with Crippen molar-refractivity contribution < 1.29 is 19.7 Å². The molecule has 3 rings (SSSR count). The standard InChI is InChI=1S/C29H40O4/c1-4-29(2,3)22-15-16-25-26(21-22)28(33-20-12-6-10-18-31)24-14-8-7-13-23(24)27(25)32-19-11-5-9-17-30/h7-8,13-16,21,30-31H,4-6,9-12,17-20H2,1-3H3. The van der Waals surface area contributed by atoms with E-state index in [2.05, 4.69) is 57.2 Å². The third-order valence-electron chi connectivity index (χ3n) is 6.69. The predicted octanol–water partition coefficient (Wildman–Crippen LogP) is 6.76. The fourth-order valence-corrected chi connectivity index (χ4v) is 4.17. The van der Waals surface area contributed by atoms with Gasteiger partial charge in [-0.3, -0.25) is 0 Å². The van der Waals surface area contributed by atoms with Crippen LogP contribution in [0.3, 0.4) is 0 Å². The van der Waals surface area contributed by atoms with Crippen LogP contribution in [0.25, 0.3) is 21.5 Å². The van der Waals surface area contributed by atoms with E-state index in [1.807, 2.05) is 6.07 Å². The van der Waals surface area contributed by atoms with Crippen LogP contribution in [0.4, 0.5) is 0 Å². The average Bonchev–Trinajstić information content (AvgIpc) is 2.84. The summed E-state index contributed by atoms with van der Waals surface area (Å²) in [5.41, 5.74) is 1.37. The van der Waals surface area contributed by atoms with Crippen LogP contribution in [0.5, 0.6) is 11.5 Å². The van der Waals surface area contributed by atoms with Crippen LogP contribution in [-0.2, 0) is 5.41 Å². The molecule has 0 aliphatic carbocycles. The second-order valence-corrected chi connectivity index (χ2v) is 9.47. The SMILES string of the molecule is CCC(C)(C)c1ccc2c(OCCCCCO)c3ccccc3c(OCCCCCO)c2c1. The highest BCUT2D eigenvalue weighted by Crippen LogP contribution is 2.44. The zero-order valence-electron chi connectivity index (χ0n) is 20.5. The molecule has 0 unspecified atom stereocenters. The number of hydrogen-bond donors (Lipinski definition) is 2. The van der Waals surface area contributed by atoms with E-state index in [1.54, 1.807) is 0 Å². The Morgan fingerprint density at radius 1 is 0.667 bits per heavy atom. The minimum atomic E-state index is 0.0730. The summed E-state index contributed by atoms with van der Waals surface area (Å²) >= 11 is 0. The lowest BCUT2D eigenvalue weighted by molar-refractivity contribution is 0.266. The minimum Gasteiger partial charge on any atom is -0.492 e. The van der Waals surface area contributed by atoms with Gasteiger partial charge in [0, 0.05) is 34.8 Å². The molecule has 0 heterocycles. The maximum atomic E-state index is 9.08. The molecule has 180 valence electrons. The number of hydrogen-bond acceptors (Lipinski definition) is 4. The number of benzene rings is 3. The molecule has 4 nitrogen and oxygen atoms in total. The van der Waals surface area contributed by atoms with Crippen LogP contribution >= 0.6 is 0 Å². The molecular weight excluding hydrogens is 412 g/mol. The molecule has 33 heavy (non-hydrogen) atoms. The van der Waals surface area contributed by atoms with Gasteiger partial charge in [-0.1, -0.05) is 57.2 Å². The number of aliphatic hydroxyl groups is 2. The third-order valence-corrected chi connectivity index (χ3v) is 6.69. The maximum absolute atomic E-state index is 9.08. The fraction of sp³-hybridized carbons (Fsp3) is 0.517. The normalized spacial score (nSPS) is 11.9. The van der Waals surface area contributed by atoms with Crippen LogP contribution in [0.1, 0.15) is 71.3 Å². The quantitative estimate of drug-likeness (QED) is 0.209. The highest BCUT2D eigenvalue weighted by Gasteiger charge is 2.22. The Labute approximate surface area is 198 Å². The molecule has 0 atom stereocenters. The Bertz CT molecular complexity index is 1020. The van der Waals surface area contributed by atoms with Gasteiger partial charge in [-0.2, -0.15) is 0 Å². The molecule has 2 N–H and O–H groups in total. The summed E-state index contributed by atoms with van der Waals surface area (Å²) in [6.45, 7) is 8.50. The molecule has 0 radical (unpaired) electrons. The van der Waals surface area contributed by atoms with Gasteiger partial charge in [0.1, 0.15) is 11.5 Å². The Balaban J connectivity index is 2.08. The lowest BCUT2D eigenvalue weighted by Crippen LogP contribution is -2.15. The molecule has 4 heteroatoms.